The molecular formula is C30H40N6O5. The molecule has 1 aromatic carbocycles. The Hall–Kier alpha value is -3.28. The molecule has 0 bridgehead atoms. The molecule has 2 atom stereocenters. The van der Waals surface area contributed by atoms with E-state index in [2.05, 4.69) is 20.0 Å². The van der Waals surface area contributed by atoms with Crippen molar-refractivity contribution in [3.8, 4) is 5.75 Å². The number of fused-ring (bicyclic) bond motifs is 1. The second-order valence-electron chi connectivity index (χ2n) is 11.7. The highest BCUT2D eigenvalue weighted by atomic mass is 16.5. The molecule has 0 spiro atoms. The highest BCUT2D eigenvalue weighted by Crippen LogP contribution is 2.33. The van der Waals surface area contributed by atoms with Gasteiger partial charge in [-0.05, 0) is 87.6 Å². The number of likely N-dealkylation sites (tertiary alicyclic amines) is 1. The quantitative estimate of drug-likeness (QED) is 0.385. The third-order valence-electron chi connectivity index (χ3n) is 8.70. The van der Waals surface area contributed by atoms with E-state index in [1.165, 1.54) is 0 Å². The normalized spacial score (nSPS) is 21.2. The van der Waals surface area contributed by atoms with Crippen molar-refractivity contribution in [3.05, 3.63) is 52.2 Å². The summed E-state index contributed by atoms with van der Waals surface area (Å²) in [6.07, 6.45) is 7.60. The highest BCUT2D eigenvalue weighted by molar-refractivity contribution is 5.78. The highest BCUT2D eigenvalue weighted by Gasteiger charge is 2.31. The molecule has 2 unspecified atom stereocenters. The summed E-state index contributed by atoms with van der Waals surface area (Å²) in [5, 5.41) is 15.3. The molecule has 11 heteroatoms. The number of aromatic nitrogens is 4. The SMILES string of the molecule is COc1ccc(C(O)C2CCN(CC(=O)N(Cc3nc4cnn(C5CCCCO5)c4c(=O)[nH]3)CC3CC3)CC2)cc1. The van der Waals surface area contributed by atoms with Crippen LogP contribution in [0.5, 0.6) is 5.75 Å². The van der Waals surface area contributed by atoms with Crippen LogP contribution in [-0.2, 0) is 16.1 Å². The minimum Gasteiger partial charge on any atom is -0.497 e. The first-order valence-corrected chi connectivity index (χ1v) is 14.9. The summed E-state index contributed by atoms with van der Waals surface area (Å²) in [5.41, 5.74) is 1.58. The number of nitrogens with one attached hydrogen (secondary N) is 1. The van der Waals surface area contributed by atoms with Crippen LogP contribution in [0.2, 0.25) is 0 Å². The second-order valence-corrected chi connectivity index (χ2v) is 11.7. The zero-order valence-electron chi connectivity index (χ0n) is 23.7. The van der Waals surface area contributed by atoms with E-state index in [9.17, 15) is 14.7 Å². The van der Waals surface area contributed by atoms with Crippen molar-refractivity contribution < 1.29 is 19.4 Å². The molecule has 3 aliphatic rings. The monoisotopic (exact) mass is 564 g/mol. The lowest BCUT2D eigenvalue weighted by atomic mass is 9.87. The van der Waals surface area contributed by atoms with Gasteiger partial charge >= 0.3 is 0 Å². The number of benzene rings is 1. The summed E-state index contributed by atoms with van der Waals surface area (Å²) in [6, 6.07) is 7.58. The van der Waals surface area contributed by atoms with Crippen molar-refractivity contribution >= 4 is 16.9 Å². The molecule has 3 aromatic rings. The number of aliphatic hydroxyl groups excluding tert-OH is 1. The van der Waals surface area contributed by atoms with Gasteiger partial charge in [0, 0.05) is 13.2 Å². The molecular weight excluding hydrogens is 524 g/mol. The lowest BCUT2D eigenvalue weighted by molar-refractivity contribution is -0.134. The van der Waals surface area contributed by atoms with Crippen molar-refractivity contribution in [2.45, 2.75) is 63.8 Å². The van der Waals surface area contributed by atoms with E-state index in [0.29, 0.717) is 42.5 Å². The van der Waals surface area contributed by atoms with E-state index < -0.39 is 6.10 Å². The van der Waals surface area contributed by atoms with Gasteiger partial charge in [0.15, 0.2) is 11.7 Å². The van der Waals surface area contributed by atoms with Gasteiger partial charge in [0.1, 0.15) is 17.1 Å². The molecule has 1 saturated carbocycles. The fraction of sp³-hybridized carbons (Fsp3) is 0.600. The van der Waals surface area contributed by atoms with Gasteiger partial charge in [-0.1, -0.05) is 12.1 Å². The Bertz CT molecular complexity index is 1390. The van der Waals surface area contributed by atoms with Crippen LogP contribution in [-0.4, -0.2) is 80.5 Å². The van der Waals surface area contributed by atoms with Crippen molar-refractivity contribution in [1.29, 1.82) is 0 Å². The van der Waals surface area contributed by atoms with Crippen LogP contribution in [0.15, 0.2) is 35.3 Å². The number of carbonyl (C=O) groups is 1. The van der Waals surface area contributed by atoms with Crippen LogP contribution in [0.4, 0.5) is 0 Å². The fourth-order valence-corrected chi connectivity index (χ4v) is 6.07. The smallest absolute Gasteiger partial charge is 0.277 e. The Morgan fingerprint density at radius 1 is 1.17 bits per heavy atom. The molecule has 0 radical (unpaired) electrons. The average molecular weight is 565 g/mol. The lowest BCUT2D eigenvalue weighted by Gasteiger charge is -2.35. The van der Waals surface area contributed by atoms with Crippen molar-refractivity contribution in [3.63, 3.8) is 0 Å². The third kappa shape index (κ3) is 6.47. The standard InChI is InChI=1S/C30H40N6O5/c1-40-23-9-7-21(8-10-23)29(38)22-11-13-34(14-12-22)19-26(37)35(17-20-5-6-20)18-25-32-24-16-31-36(28(24)30(39)33-25)27-4-2-3-15-41-27/h7-10,16,20,22,27,29,38H,2-6,11-15,17-19H2,1H3,(H,32,33,39). The Morgan fingerprint density at radius 2 is 1.95 bits per heavy atom. The van der Waals surface area contributed by atoms with Crippen LogP contribution in [0.1, 0.15) is 68.7 Å². The van der Waals surface area contributed by atoms with Gasteiger partial charge in [-0.3, -0.25) is 14.5 Å². The summed E-state index contributed by atoms with van der Waals surface area (Å²) < 4.78 is 12.7. The van der Waals surface area contributed by atoms with Gasteiger partial charge in [0.05, 0.1) is 32.5 Å². The molecule has 11 nitrogen and oxygen atoms in total. The van der Waals surface area contributed by atoms with Gasteiger partial charge < -0.3 is 24.5 Å². The number of aromatic amines is 1. The first kappa shape index (κ1) is 27.9. The van der Waals surface area contributed by atoms with Crippen LogP contribution in [0.3, 0.4) is 0 Å². The Balaban J connectivity index is 1.08. The van der Waals surface area contributed by atoms with E-state index in [1.54, 1.807) is 18.0 Å². The molecule has 1 aliphatic carbocycles. The van der Waals surface area contributed by atoms with Crippen LogP contribution >= 0.6 is 0 Å². The topological polar surface area (TPSA) is 126 Å². The van der Waals surface area contributed by atoms with Crippen molar-refractivity contribution in [2.75, 3.05) is 39.9 Å². The number of hydrogen-bond donors (Lipinski definition) is 2. The maximum absolute atomic E-state index is 13.5. The number of nitrogens with zero attached hydrogens (tertiary/aromatic N) is 5. The molecule has 2 saturated heterocycles. The minimum atomic E-state index is -0.531. The summed E-state index contributed by atoms with van der Waals surface area (Å²) >= 11 is 0. The summed E-state index contributed by atoms with van der Waals surface area (Å²) in [4.78, 5) is 38.2. The molecule has 3 fully saturated rings. The molecule has 2 N–H and O–H groups in total. The summed E-state index contributed by atoms with van der Waals surface area (Å²) in [6.45, 7) is 3.42. The van der Waals surface area contributed by atoms with Gasteiger partial charge in [-0.15, -0.1) is 0 Å². The zero-order chi connectivity index (χ0) is 28.3. The number of aliphatic hydroxyl groups is 1. The van der Waals surface area contributed by atoms with Crippen LogP contribution in [0.25, 0.3) is 11.0 Å². The summed E-state index contributed by atoms with van der Waals surface area (Å²) in [7, 11) is 1.63. The van der Waals surface area contributed by atoms with E-state index in [1.807, 2.05) is 29.2 Å². The number of carbonyl (C=O) groups excluding carboxylic acids is 1. The number of H-pyrrole nitrogens is 1. The number of methoxy groups -OCH3 is 1. The van der Waals surface area contributed by atoms with E-state index in [4.69, 9.17) is 9.47 Å². The van der Waals surface area contributed by atoms with E-state index in [0.717, 1.165) is 69.3 Å². The molecule has 2 aromatic heterocycles. The average Bonchev–Trinajstić information content (AvgIpc) is 3.72. The van der Waals surface area contributed by atoms with Gasteiger partial charge in [0.2, 0.25) is 5.91 Å². The van der Waals surface area contributed by atoms with Crippen molar-refractivity contribution in [1.82, 2.24) is 29.5 Å². The molecule has 2 aliphatic heterocycles. The van der Waals surface area contributed by atoms with Gasteiger partial charge in [-0.2, -0.15) is 5.10 Å². The number of piperidine rings is 1. The largest absolute Gasteiger partial charge is 0.497 e. The van der Waals surface area contributed by atoms with Crippen LogP contribution < -0.4 is 10.3 Å². The van der Waals surface area contributed by atoms with Gasteiger partial charge in [0.25, 0.3) is 5.56 Å². The third-order valence-corrected chi connectivity index (χ3v) is 8.70. The minimum absolute atomic E-state index is 0.0418. The molecule has 41 heavy (non-hydrogen) atoms. The number of hydrogen-bond acceptors (Lipinski definition) is 8. The maximum Gasteiger partial charge on any atom is 0.277 e. The summed E-state index contributed by atoms with van der Waals surface area (Å²) in [5.74, 6) is 1.94. The van der Waals surface area contributed by atoms with E-state index in [-0.39, 0.29) is 30.2 Å². The van der Waals surface area contributed by atoms with Crippen LogP contribution in [0, 0.1) is 11.8 Å². The molecule has 1 amide bonds. The maximum atomic E-state index is 13.5. The molecule has 220 valence electrons. The number of rotatable bonds is 10. The first-order valence-electron chi connectivity index (χ1n) is 14.9. The molecule has 4 heterocycles. The molecule has 6 rings (SSSR count). The Morgan fingerprint density at radius 3 is 2.63 bits per heavy atom. The fourth-order valence-electron chi connectivity index (χ4n) is 6.07. The van der Waals surface area contributed by atoms with Gasteiger partial charge in [-0.25, -0.2) is 9.67 Å². The number of ether oxygens (including phenoxy) is 2. The second kappa shape index (κ2) is 12.3. The van der Waals surface area contributed by atoms with Crippen molar-refractivity contribution in [2.24, 2.45) is 11.8 Å². The first-order chi connectivity index (χ1) is 20.0. The Labute approximate surface area is 239 Å². The number of amides is 1. The predicted octanol–water partition coefficient (Wildman–Crippen LogP) is 3.01. The predicted molar refractivity (Wildman–Crippen MR) is 152 cm³/mol. The Kier molecular flexibility index (Phi) is 8.36. The van der Waals surface area contributed by atoms with E-state index >= 15 is 0 Å². The lowest BCUT2D eigenvalue weighted by Crippen LogP contribution is -2.44. The zero-order valence-corrected chi connectivity index (χ0v) is 23.7.